The van der Waals surface area contributed by atoms with Crippen LogP contribution in [0.15, 0.2) is 55.2 Å². The number of hydrogen-bond donors (Lipinski definition) is 1. The molecule has 0 amide bonds. The van der Waals surface area contributed by atoms with Gasteiger partial charge in [-0.05, 0) is 28.6 Å². The SMILES string of the molecule is COc1ncc(-c2ccc(C(F)(F)C(O)(Cn3cnnn3)c3ccc(F)cc3F)nc2)cn1. The molecule has 9 nitrogen and oxygen atoms in total. The highest BCUT2D eigenvalue weighted by Gasteiger charge is 2.58. The van der Waals surface area contributed by atoms with Gasteiger partial charge in [-0.1, -0.05) is 6.07 Å². The number of hydrogen-bond acceptors (Lipinski definition) is 8. The van der Waals surface area contributed by atoms with Crippen molar-refractivity contribution in [1.29, 1.82) is 0 Å². The second-order valence-corrected chi connectivity index (χ2v) is 6.96. The molecule has 0 aliphatic carbocycles. The van der Waals surface area contributed by atoms with E-state index in [9.17, 15) is 13.9 Å². The smallest absolute Gasteiger partial charge is 0.323 e. The van der Waals surface area contributed by atoms with Gasteiger partial charge < -0.3 is 9.84 Å². The van der Waals surface area contributed by atoms with Crippen LogP contribution in [0.1, 0.15) is 11.3 Å². The molecule has 0 aliphatic heterocycles. The minimum absolute atomic E-state index is 0.129. The molecule has 1 aromatic carbocycles. The molecule has 33 heavy (non-hydrogen) atoms. The molecular formula is C20H15F4N7O2. The van der Waals surface area contributed by atoms with E-state index in [1.54, 1.807) is 0 Å². The molecule has 1 unspecified atom stereocenters. The molecule has 1 atom stereocenters. The minimum atomic E-state index is -4.15. The average Bonchev–Trinajstić information content (AvgIpc) is 3.32. The summed E-state index contributed by atoms with van der Waals surface area (Å²) in [6.07, 6.45) is 4.95. The second-order valence-electron chi connectivity index (χ2n) is 6.96. The van der Waals surface area contributed by atoms with E-state index in [0.717, 1.165) is 35.4 Å². The van der Waals surface area contributed by atoms with Gasteiger partial charge in [0.05, 0.1) is 13.7 Å². The van der Waals surface area contributed by atoms with Gasteiger partial charge in [-0.2, -0.15) is 8.78 Å². The van der Waals surface area contributed by atoms with E-state index in [4.69, 9.17) is 4.74 Å². The lowest BCUT2D eigenvalue weighted by Crippen LogP contribution is -2.48. The van der Waals surface area contributed by atoms with Crippen molar-refractivity contribution in [3.05, 3.63) is 78.1 Å². The normalized spacial score (nSPS) is 13.5. The summed E-state index contributed by atoms with van der Waals surface area (Å²) in [7, 11) is 1.40. The lowest BCUT2D eigenvalue weighted by molar-refractivity contribution is -0.207. The Balaban J connectivity index is 1.75. The topological polar surface area (TPSA) is 112 Å². The van der Waals surface area contributed by atoms with Crippen molar-refractivity contribution in [2.24, 2.45) is 0 Å². The summed E-state index contributed by atoms with van der Waals surface area (Å²) in [5.74, 6) is -6.50. The Labute approximate surface area is 183 Å². The number of aromatic nitrogens is 7. The largest absolute Gasteiger partial charge is 0.467 e. The Bertz CT molecular complexity index is 1240. The quantitative estimate of drug-likeness (QED) is 0.418. The number of aliphatic hydroxyl groups is 1. The minimum Gasteiger partial charge on any atom is -0.467 e. The molecule has 1 N–H and O–H groups in total. The van der Waals surface area contributed by atoms with E-state index in [1.165, 1.54) is 25.6 Å². The van der Waals surface area contributed by atoms with E-state index in [2.05, 4.69) is 30.5 Å². The van der Waals surface area contributed by atoms with E-state index in [0.29, 0.717) is 17.2 Å². The number of halogens is 4. The van der Waals surface area contributed by atoms with Crippen molar-refractivity contribution in [2.75, 3.05) is 7.11 Å². The molecule has 4 rings (SSSR count). The molecule has 0 spiro atoms. The third kappa shape index (κ3) is 4.09. The van der Waals surface area contributed by atoms with Gasteiger partial charge in [-0.3, -0.25) is 4.98 Å². The zero-order chi connectivity index (χ0) is 23.6. The van der Waals surface area contributed by atoms with Gasteiger partial charge in [-0.25, -0.2) is 23.4 Å². The van der Waals surface area contributed by atoms with Crippen LogP contribution in [-0.4, -0.2) is 47.4 Å². The van der Waals surface area contributed by atoms with Gasteiger partial charge in [0, 0.05) is 41.3 Å². The van der Waals surface area contributed by atoms with E-state index in [1.807, 2.05) is 0 Å². The van der Waals surface area contributed by atoms with Crippen molar-refractivity contribution < 1.29 is 27.4 Å². The molecule has 170 valence electrons. The number of rotatable bonds is 7. The maximum absolute atomic E-state index is 15.7. The van der Waals surface area contributed by atoms with E-state index in [-0.39, 0.29) is 6.01 Å². The lowest BCUT2D eigenvalue weighted by atomic mass is 9.84. The van der Waals surface area contributed by atoms with Crippen LogP contribution < -0.4 is 4.74 Å². The van der Waals surface area contributed by atoms with Gasteiger partial charge in [0.1, 0.15) is 23.7 Å². The number of ether oxygens (including phenoxy) is 1. The first kappa shape index (κ1) is 22.2. The third-order valence-corrected chi connectivity index (χ3v) is 4.91. The van der Waals surface area contributed by atoms with Crippen molar-refractivity contribution in [1.82, 2.24) is 35.2 Å². The van der Waals surface area contributed by atoms with Gasteiger partial charge in [0.2, 0.25) is 0 Å². The predicted molar refractivity (Wildman–Crippen MR) is 104 cm³/mol. The Morgan fingerprint density at radius 3 is 2.30 bits per heavy atom. The summed E-state index contributed by atoms with van der Waals surface area (Å²) in [5.41, 5.74) is -4.03. The van der Waals surface area contributed by atoms with Gasteiger partial charge in [0.15, 0.2) is 5.60 Å². The van der Waals surface area contributed by atoms with Crippen LogP contribution in [0.4, 0.5) is 17.6 Å². The van der Waals surface area contributed by atoms with Crippen molar-refractivity contribution in [3.63, 3.8) is 0 Å². The summed E-state index contributed by atoms with van der Waals surface area (Å²) < 4.78 is 65.0. The number of alkyl halides is 2. The predicted octanol–water partition coefficient (Wildman–Crippen LogP) is 2.49. The van der Waals surface area contributed by atoms with Crippen LogP contribution in [0, 0.1) is 11.6 Å². The van der Waals surface area contributed by atoms with Crippen molar-refractivity contribution in [2.45, 2.75) is 18.1 Å². The summed E-state index contributed by atoms with van der Waals surface area (Å²) in [5, 5.41) is 21.3. The highest BCUT2D eigenvalue weighted by molar-refractivity contribution is 5.60. The van der Waals surface area contributed by atoms with Crippen molar-refractivity contribution >= 4 is 0 Å². The van der Waals surface area contributed by atoms with Crippen LogP contribution in [0.2, 0.25) is 0 Å². The van der Waals surface area contributed by atoms with Crippen LogP contribution in [0.3, 0.4) is 0 Å². The monoisotopic (exact) mass is 461 g/mol. The zero-order valence-corrected chi connectivity index (χ0v) is 16.9. The number of pyridine rings is 1. The molecular weight excluding hydrogens is 446 g/mol. The first-order chi connectivity index (χ1) is 15.7. The van der Waals surface area contributed by atoms with Crippen LogP contribution in [0.5, 0.6) is 6.01 Å². The number of nitrogens with zero attached hydrogens (tertiary/aromatic N) is 7. The summed E-state index contributed by atoms with van der Waals surface area (Å²) in [4.78, 5) is 11.7. The first-order valence-electron chi connectivity index (χ1n) is 9.34. The summed E-state index contributed by atoms with van der Waals surface area (Å²) in [6.45, 7) is -0.939. The molecule has 0 fully saturated rings. The molecule has 13 heteroatoms. The fraction of sp³-hybridized carbons (Fsp3) is 0.200. The van der Waals surface area contributed by atoms with Gasteiger partial charge >= 0.3 is 11.9 Å². The molecule has 0 saturated carbocycles. The molecule has 0 aliphatic rings. The third-order valence-electron chi connectivity index (χ3n) is 4.91. The fourth-order valence-corrected chi connectivity index (χ4v) is 3.20. The number of methoxy groups -OCH3 is 1. The van der Waals surface area contributed by atoms with Gasteiger partial charge in [-0.15, -0.1) is 5.10 Å². The number of tetrazole rings is 1. The Morgan fingerprint density at radius 2 is 1.73 bits per heavy atom. The van der Waals surface area contributed by atoms with Crippen LogP contribution in [0.25, 0.3) is 11.1 Å². The second kappa shape index (κ2) is 8.50. The Hall–Kier alpha value is -4.00. The highest BCUT2D eigenvalue weighted by atomic mass is 19.3. The van der Waals surface area contributed by atoms with E-state index >= 15 is 8.78 Å². The van der Waals surface area contributed by atoms with E-state index < -0.39 is 41.0 Å². The van der Waals surface area contributed by atoms with Gasteiger partial charge in [0.25, 0.3) is 0 Å². The Kier molecular flexibility index (Phi) is 5.72. The van der Waals surface area contributed by atoms with Crippen LogP contribution >= 0.6 is 0 Å². The molecule has 3 heterocycles. The number of benzene rings is 1. The molecule has 0 bridgehead atoms. The molecule has 0 saturated heterocycles. The first-order valence-corrected chi connectivity index (χ1v) is 9.34. The summed E-state index contributed by atoms with van der Waals surface area (Å²) >= 11 is 0. The molecule has 0 radical (unpaired) electrons. The maximum atomic E-state index is 15.7. The standard InChI is InChI=1S/C20H15F4N7O2/c1-33-18-26-8-13(9-27-18)12-2-5-17(25-7-12)20(23,24)19(32,10-31-11-28-29-30-31)15-4-3-14(21)6-16(15)22/h2-9,11,32H,10H2,1H3. The molecule has 4 aromatic rings. The Morgan fingerprint density at radius 1 is 1.00 bits per heavy atom. The maximum Gasteiger partial charge on any atom is 0.323 e. The average molecular weight is 461 g/mol. The highest BCUT2D eigenvalue weighted by Crippen LogP contribution is 2.46. The van der Waals surface area contributed by atoms with Crippen molar-refractivity contribution in [3.8, 4) is 17.1 Å². The lowest BCUT2D eigenvalue weighted by Gasteiger charge is -2.35. The molecule has 3 aromatic heterocycles. The zero-order valence-electron chi connectivity index (χ0n) is 16.9. The van der Waals surface area contributed by atoms with Crippen LogP contribution in [-0.2, 0) is 18.1 Å². The summed E-state index contributed by atoms with van der Waals surface area (Å²) in [6, 6.07) is 4.33. The fourth-order valence-electron chi connectivity index (χ4n) is 3.20.